The molecule has 1 aliphatic rings. The van der Waals surface area contributed by atoms with Gasteiger partial charge in [-0.25, -0.2) is 9.67 Å². The second-order valence-corrected chi connectivity index (χ2v) is 4.84. The molecule has 0 aromatic carbocycles. The molecule has 21 heavy (non-hydrogen) atoms. The van der Waals surface area contributed by atoms with E-state index in [0.29, 0.717) is 24.9 Å². The van der Waals surface area contributed by atoms with E-state index in [4.69, 9.17) is 4.74 Å². The highest BCUT2D eigenvalue weighted by Gasteiger charge is 2.32. The molecule has 0 bridgehead atoms. The molecular formula is C13H13F3N4O. The summed E-state index contributed by atoms with van der Waals surface area (Å²) in [5.41, 5.74) is -0.474. The van der Waals surface area contributed by atoms with Crippen LogP contribution in [0.2, 0.25) is 0 Å². The average Bonchev–Trinajstić information content (AvgIpc) is 3.14. The van der Waals surface area contributed by atoms with Gasteiger partial charge in [0.1, 0.15) is 11.4 Å². The molecule has 112 valence electrons. The third-order valence-electron chi connectivity index (χ3n) is 3.04. The number of hydrogen-bond acceptors (Lipinski definition) is 4. The van der Waals surface area contributed by atoms with E-state index in [1.165, 1.54) is 12.1 Å². The summed E-state index contributed by atoms with van der Waals surface area (Å²) in [6.45, 7) is 1.03. The molecule has 0 unspecified atom stereocenters. The first kappa shape index (κ1) is 14.0. The maximum Gasteiger partial charge on any atom is 0.433 e. The molecule has 2 heterocycles. The maximum atomic E-state index is 12.6. The summed E-state index contributed by atoms with van der Waals surface area (Å²) in [4.78, 5) is 3.57. The Bertz CT molecular complexity index is 622. The third kappa shape index (κ3) is 3.57. The van der Waals surface area contributed by atoms with Crippen LogP contribution in [0.3, 0.4) is 0 Å². The van der Waals surface area contributed by atoms with Crippen LogP contribution in [0.15, 0.2) is 24.4 Å². The van der Waals surface area contributed by atoms with Gasteiger partial charge in [0, 0.05) is 0 Å². The SMILES string of the molecule is FC(F)(F)c1cccc(-c2cn(CCOC3CC3)nn2)n1. The van der Waals surface area contributed by atoms with Gasteiger partial charge in [-0.05, 0) is 25.0 Å². The second kappa shape index (κ2) is 5.44. The number of ether oxygens (including phenoxy) is 1. The fourth-order valence-corrected chi connectivity index (χ4v) is 1.81. The summed E-state index contributed by atoms with van der Waals surface area (Å²) in [5.74, 6) is 0. The Hall–Kier alpha value is -1.96. The standard InChI is InChI=1S/C13H13F3N4O/c14-13(15,16)12-3-1-2-10(17-12)11-8-20(19-18-11)6-7-21-9-4-5-9/h1-3,8-9H,4-7H2. The number of halogens is 3. The smallest absolute Gasteiger partial charge is 0.376 e. The monoisotopic (exact) mass is 298 g/mol. The molecule has 0 spiro atoms. The van der Waals surface area contributed by atoms with Crippen molar-refractivity contribution in [3.05, 3.63) is 30.1 Å². The normalized spacial score (nSPS) is 15.4. The zero-order chi connectivity index (χ0) is 14.9. The predicted octanol–water partition coefficient (Wildman–Crippen LogP) is 2.54. The number of nitrogens with zero attached hydrogens (tertiary/aromatic N) is 4. The Labute approximate surface area is 118 Å². The molecule has 0 saturated heterocycles. The summed E-state index contributed by atoms with van der Waals surface area (Å²) in [6, 6.07) is 3.71. The minimum atomic E-state index is -4.47. The van der Waals surface area contributed by atoms with E-state index in [2.05, 4.69) is 15.3 Å². The minimum Gasteiger partial charge on any atom is -0.376 e. The number of aromatic nitrogens is 4. The van der Waals surface area contributed by atoms with E-state index < -0.39 is 11.9 Å². The van der Waals surface area contributed by atoms with Crippen LogP contribution in [0.4, 0.5) is 13.2 Å². The molecule has 0 N–H and O–H groups in total. The van der Waals surface area contributed by atoms with Crippen molar-refractivity contribution in [2.45, 2.75) is 31.7 Å². The highest BCUT2D eigenvalue weighted by molar-refractivity contribution is 5.52. The molecule has 1 aliphatic carbocycles. The van der Waals surface area contributed by atoms with Gasteiger partial charge in [0.25, 0.3) is 0 Å². The van der Waals surface area contributed by atoms with Crippen molar-refractivity contribution < 1.29 is 17.9 Å². The number of pyridine rings is 1. The molecule has 1 fully saturated rings. The third-order valence-corrected chi connectivity index (χ3v) is 3.04. The Balaban J connectivity index is 1.70. The highest BCUT2D eigenvalue weighted by Crippen LogP contribution is 2.28. The molecule has 8 heteroatoms. The van der Waals surface area contributed by atoms with Crippen molar-refractivity contribution in [1.29, 1.82) is 0 Å². The highest BCUT2D eigenvalue weighted by atomic mass is 19.4. The van der Waals surface area contributed by atoms with Gasteiger partial charge in [-0.1, -0.05) is 11.3 Å². The lowest BCUT2D eigenvalue weighted by Gasteiger charge is -2.05. The molecule has 2 aromatic heterocycles. The van der Waals surface area contributed by atoms with Gasteiger partial charge in [0.15, 0.2) is 0 Å². The summed E-state index contributed by atoms with van der Waals surface area (Å²) in [7, 11) is 0. The van der Waals surface area contributed by atoms with Crippen molar-refractivity contribution in [1.82, 2.24) is 20.0 Å². The van der Waals surface area contributed by atoms with E-state index in [1.54, 1.807) is 10.9 Å². The lowest BCUT2D eigenvalue weighted by atomic mass is 10.2. The van der Waals surface area contributed by atoms with Gasteiger partial charge < -0.3 is 4.74 Å². The lowest BCUT2D eigenvalue weighted by molar-refractivity contribution is -0.141. The molecule has 0 atom stereocenters. The van der Waals surface area contributed by atoms with E-state index in [9.17, 15) is 13.2 Å². The van der Waals surface area contributed by atoms with Gasteiger partial charge >= 0.3 is 6.18 Å². The van der Waals surface area contributed by atoms with Crippen LogP contribution in [0.1, 0.15) is 18.5 Å². The second-order valence-electron chi connectivity index (χ2n) is 4.84. The fourth-order valence-electron chi connectivity index (χ4n) is 1.81. The Morgan fingerprint density at radius 2 is 2.05 bits per heavy atom. The zero-order valence-corrected chi connectivity index (χ0v) is 11.0. The molecule has 0 radical (unpaired) electrons. The van der Waals surface area contributed by atoms with Gasteiger partial charge in [-0.2, -0.15) is 13.2 Å². The van der Waals surface area contributed by atoms with Crippen LogP contribution in [-0.2, 0) is 17.5 Å². The van der Waals surface area contributed by atoms with Crippen LogP contribution < -0.4 is 0 Å². The first-order valence-corrected chi connectivity index (χ1v) is 6.59. The van der Waals surface area contributed by atoms with Crippen LogP contribution in [0, 0.1) is 0 Å². The molecule has 2 aromatic rings. The molecule has 5 nitrogen and oxygen atoms in total. The Kier molecular flexibility index (Phi) is 3.62. The molecule has 3 rings (SSSR count). The zero-order valence-electron chi connectivity index (χ0n) is 11.0. The molecule has 1 saturated carbocycles. The first-order chi connectivity index (χ1) is 10.0. The summed E-state index contributed by atoms with van der Waals surface area (Å²) in [5, 5.41) is 7.72. The van der Waals surface area contributed by atoms with Crippen LogP contribution in [0.25, 0.3) is 11.4 Å². The lowest BCUT2D eigenvalue weighted by Crippen LogP contribution is -2.08. The number of alkyl halides is 3. The van der Waals surface area contributed by atoms with Crippen molar-refractivity contribution in [3.63, 3.8) is 0 Å². The van der Waals surface area contributed by atoms with Crippen molar-refractivity contribution in [2.24, 2.45) is 0 Å². The van der Waals surface area contributed by atoms with Crippen LogP contribution in [-0.4, -0.2) is 32.7 Å². The average molecular weight is 298 g/mol. The van der Waals surface area contributed by atoms with Gasteiger partial charge in [-0.3, -0.25) is 0 Å². The van der Waals surface area contributed by atoms with E-state index >= 15 is 0 Å². The van der Waals surface area contributed by atoms with E-state index in [1.807, 2.05) is 0 Å². The summed E-state index contributed by atoms with van der Waals surface area (Å²) < 4.78 is 44.9. The fraction of sp³-hybridized carbons (Fsp3) is 0.462. The maximum absolute atomic E-state index is 12.6. The molecule has 0 aliphatic heterocycles. The van der Waals surface area contributed by atoms with Crippen LogP contribution in [0.5, 0.6) is 0 Å². The minimum absolute atomic E-state index is 0.152. The Morgan fingerprint density at radius 3 is 2.76 bits per heavy atom. The summed E-state index contributed by atoms with van der Waals surface area (Å²) in [6.07, 6.45) is -0.353. The number of hydrogen-bond donors (Lipinski definition) is 0. The first-order valence-electron chi connectivity index (χ1n) is 6.59. The molecular weight excluding hydrogens is 285 g/mol. The van der Waals surface area contributed by atoms with Gasteiger partial charge in [0.2, 0.25) is 0 Å². The predicted molar refractivity (Wildman–Crippen MR) is 67.2 cm³/mol. The van der Waals surface area contributed by atoms with E-state index in [-0.39, 0.29) is 5.69 Å². The largest absolute Gasteiger partial charge is 0.433 e. The van der Waals surface area contributed by atoms with Crippen molar-refractivity contribution in [3.8, 4) is 11.4 Å². The topological polar surface area (TPSA) is 52.8 Å². The molecule has 0 amide bonds. The van der Waals surface area contributed by atoms with Gasteiger partial charge in [-0.15, -0.1) is 5.10 Å². The van der Waals surface area contributed by atoms with Crippen molar-refractivity contribution in [2.75, 3.05) is 6.61 Å². The quantitative estimate of drug-likeness (QED) is 0.851. The van der Waals surface area contributed by atoms with Crippen molar-refractivity contribution >= 4 is 0 Å². The van der Waals surface area contributed by atoms with E-state index in [0.717, 1.165) is 18.9 Å². The summed E-state index contributed by atoms with van der Waals surface area (Å²) >= 11 is 0. The van der Waals surface area contributed by atoms with Crippen LogP contribution >= 0.6 is 0 Å². The Morgan fingerprint density at radius 1 is 1.24 bits per heavy atom. The number of rotatable bonds is 5. The van der Waals surface area contributed by atoms with Gasteiger partial charge in [0.05, 0.1) is 31.1 Å².